The van der Waals surface area contributed by atoms with Gasteiger partial charge in [-0.05, 0) is 55.2 Å². The van der Waals surface area contributed by atoms with E-state index in [9.17, 15) is 0 Å². The minimum Gasteiger partial charge on any atom is -0.492 e. The molecule has 1 unspecified atom stereocenters. The summed E-state index contributed by atoms with van der Waals surface area (Å²) >= 11 is 6.54. The lowest BCUT2D eigenvalue weighted by atomic mass is 10.1. The molecule has 4 heteroatoms. The van der Waals surface area contributed by atoms with Crippen molar-refractivity contribution in [2.24, 2.45) is 0 Å². The smallest absolute Gasteiger partial charge is 0.137 e. The molecule has 0 saturated carbocycles. The SMILES string of the molecule is CCCCCCCCCCCOc1ccc(-c2ccc(OCC(C)OCCCCCCCC)cc2)cc1Cl. The van der Waals surface area contributed by atoms with Crippen LogP contribution in [0.15, 0.2) is 42.5 Å². The fourth-order valence-electron chi connectivity index (χ4n) is 4.56. The summed E-state index contributed by atoms with van der Waals surface area (Å²) in [5, 5.41) is 0.662. The molecule has 0 amide bonds. The third kappa shape index (κ3) is 14.4. The zero-order valence-corrected chi connectivity index (χ0v) is 25.2. The molecule has 0 saturated heterocycles. The lowest BCUT2D eigenvalue weighted by Gasteiger charge is -2.15. The summed E-state index contributed by atoms with van der Waals surface area (Å²) in [6, 6.07) is 14.2. The Morgan fingerprint density at radius 2 is 1.13 bits per heavy atom. The number of rotatable bonds is 23. The standard InChI is InChI=1S/C34H53ClO3/c1-4-6-8-10-12-13-14-16-18-26-37-34-24-21-31(27-33(34)35)30-19-22-32(23-20-30)38-28-29(3)36-25-17-15-11-9-7-5-2/h19-24,27,29H,4-18,25-26,28H2,1-3H3. The molecule has 2 aromatic rings. The quantitative estimate of drug-likeness (QED) is 0.130. The zero-order chi connectivity index (χ0) is 27.3. The lowest BCUT2D eigenvalue weighted by Crippen LogP contribution is -2.18. The fraction of sp³-hybridized carbons (Fsp3) is 0.647. The van der Waals surface area contributed by atoms with Gasteiger partial charge in [-0.1, -0.05) is 127 Å². The molecule has 0 aliphatic heterocycles. The maximum atomic E-state index is 6.54. The van der Waals surface area contributed by atoms with Gasteiger partial charge in [0.05, 0.1) is 17.7 Å². The summed E-state index contributed by atoms with van der Waals surface area (Å²) in [4.78, 5) is 0. The van der Waals surface area contributed by atoms with E-state index >= 15 is 0 Å². The summed E-state index contributed by atoms with van der Waals surface area (Å²) in [6.45, 7) is 8.69. The molecule has 0 spiro atoms. The van der Waals surface area contributed by atoms with E-state index in [1.807, 2.05) is 24.3 Å². The van der Waals surface area contributed by atoms with E-state index in [0.29, 0.717) is 11.6 Å². The first kappa shape index (κ1) is 32.5. The summed E-state index contributed by atoms with van der Waals surface area (Å²) in [5.41, 5.74) is 2.18. The van der Waals surface area contributed by atoms with Gasteiger partial charge in [0, 0.05) is 6.61 Å². The van der Waals surface area contributed by atoms with Gasteiger partial charge in [0.15, 0.2) is 0 Å². The van der Waals surface area contributed by atoms with Crippen molar-refractivity contribution in [1.82, 2.24) is 0 Å². The van der Waals surface area contributed by atoms with Gasteiger partial charge in [-0.15, -0.1) is 0 Å². The highest BCUT2D eigenvalue weighted by molar-refractivity contribution is 6.32. The predicted octanol–water partition coefficient (Wildman–Crippen LogP) is 11.1. The van der Waals surface area contributed by atoms with Crippen molar-refractivity contribution in [3.63, 3.8) is 0 Å². The van der Waals surface area contributed by atoms with Gasteiger partial charge < -0.3 is 14.2 Å². The average Bonchev–Trinajstić information content (AvgIpc) is 2.93. The molecular weight excluding hydrogens is 492 g/mol. The second-order valence-corrected chi connectivity index (χ2v) is 11.0. The van der Waals surface area contributed by atoms with E-state index in [4.69, 9.17) is 25.8 Å². The van der Waals surface area contributed by atoms with Crippen LogP contribution >= 0.6 is 11.6 Å². The van der Waals surface area contributed by atoms with Gasteiger partial charge in [0.25, 0.3) is 0 Å². The largest absolute Gasteiger partial charge is 0.492 e. The monoisotopic (exact) mass is 544 g/mol. The van der Waals surface area contributed by atoms with Crippen molar-refractivity contribution < 1.29 is 14.2 Å². The fourth-order valence-corrected chi connectivity index (χ4v) is 4.80. The van der Waals surface area contributed by atoms with E-state index in [0.717, 1.165) is 48.7 Å². The first-order chi connectivity index (χ1) is 18.6. The molecule has 2 aromatic carbocycles. The number of ether oxygens (including phenoxy) is 3. The lowest BCUT2D eigenvalue weighted by molar-refractivity contribution is 0.0302. The Morgan fingerprint density at radius 3 is 1.71 bits per heavy atom. The molecule has 3 nitrogen and oxygen atoms in total. The number of hydrogen-bond donors (Lipinski definition) is 0. The Labute approximate surface area is 238 Å². The van der Waals surface area contributed by atoms with Crippen LogP contribution in [0.4, 0.5) is 0 Å². The van der Waals surface area contributed by atoms with Gasteiger partial charge in [0.1, 0.15) is 18.1 Å². The highest BCUT2D eigenvalue weighted by Crippen LogP contribution is 2.31. The van der Waals surface area contributed by atoms with Gasteiger partial charge in [-0.2, -0.15) is 0 Å². The molecule has 1 atom stereocenters. The Kier molecular flexibility index (Phi) is 18.1. The van der Waals surface area contributed by atoms with Crippen LogP contribution < -0.4 is 9.47 Å². The highest BCUT2D eigenvalue weighted by Gasteiger charge is 2.07. The van der Waals surface area contributed by atoms with E-state index in [2.05, 4.69) is 39.0 Å². The van der Waals surface area contributed by atoms with Crippen molar-refractivity contribution in [3.8, 4) is 22.6 Å². The van der Waals surface area contributed by atoms with Crippen molar-refractivity contribution in [3.05, 3.63) is 47.5 Å². The van der Waals surface area contributed by atoms with Crippen molar-refractivity contribution in [2.45, 2.75) is 123 Å². The normalized spacial score (nSPS) is 12.0. The third-order valence-corrected chi connectivity index (χ3v) is 7.31. The zero-order valence-electron chi connectivity index (χ0n) is 24.4. The maximum Gasteiger partial charge on any atom is 0.137 e. The van der Waals surface area contributed by atoms with Gasteiger partial charge in [-0.25, -0.2) is 0 Å². The Morgan fingerprint density at radius 1 is 0.605 bits per heavy atom. The number of unbranched alkanes of at least 4 members (excludes halogenated alkanes) is 13. The van der Waals surface area contributed by atoms with Crippen LogP contribution in [0.1, 0.15) is 117 Å². The van der Waals surface area contributed by atoms with Crippen LogP contribution in [0.25, 0.3) is 11.1 Å². The van der Waals surface area contributed by atoms with Gasteiger partial charge in [0.2, 0.25) is 0 Å². The molecule has 0 aromatic heterocycles. The van der Waals surface area contributed by atoms with Crippen molar-refractivity contribution in [1.29, 1.82) is 0 Å². The second-order valence-electron chi connectivity index (χ2n) is 10.6. The predicted molar refractivity (Wildman–Crippen MR) is 164 cm³/mol. The number of benzene rings is 2. The molecule has 2 rings (SSSR count). The molecule has 214 valence electrons. The molecule has 0 N–H and O–H groups in total. The van der Waals surface area contributed by atoms with Crippen molar-refractivity contribution in [2.75, 3.05) is 19.8 Å². The molecule has 0 radical (unpaired) electrons. The van der Waals surface area contributed by atoms with E-state index in [1.54, 1.807) is 0 Å². The summed E-state index contributed by atoms with van der Waals surface area (Å²) in [7, 11) is 0. The highest BCUT2D eigenvalue weighted by atomic mass is 35.5. The molecule has 0 fully saturated rings. The summed E-state index contributed by atoms with van der Waals surface area (Å²) < 4.78 is 17.8. The molecular formula is C34H53ClO3. The topological polar surface area (TPSA) is 27.7 Å². The first-order valence-corrected chi connectivity index (χ1v) is 15.8. The number of halogens is 1. The van der Waals surface area contributed by atoms with E-state index < -0.39 is 0 Å². The van der Waals surface area contributed by atoms with Crippen molar-refractivity contribution >= 4 is 11.6 Å². The molecule has 0 bridgehead atoms. The summed E-state index contributed by atoms with van der Waals surface area (Å²) in [6.07, 6.45) is 19.6. The Bertz CT molecular complexity index is 836. The van der Waals surface area contributed by atoms with Crippen LogP contribution in [0.5, 0.6) is 11.5 Å². The summed E-state index contributed by atoms with van der Waals surface area (Å²) in [5.74, 6) is 1.63. The van der Waals surface area contributed by atoms with Crippen LogP contribution in [0.2, 0.25) is 5.02 Å². The van der Waals surface area contributed by atoms with Crippen LogP contribution in [-0.4, -0.2) is 25.9 Å². The van der Waals surface area contributed by atoms with Crippen LogP contribution in [0.3, 0.4) is 0 Å². The minimum atomic E-state index is 0.0900. The Hall–Kier alpha value is -1.71. The van der Waals surface area contributed by atoms with Crippen LogP contribution in [-0.2, 0) is 4.74 Å². The maximum absolute atomic E-state index is 6.54. The molecule has 0 aliphatic carbocycles. The van der Waals surface area contributed by atoms with Crippen LogP contribution in [0, 0.1) is 0 Å². The minimum absolute atomic E-state index is 0.0900. The second kappa shape index (κ2) is 21.2. The molecule has 38 heavy (non-hydrogen) atoms. The van der Waals surface area contributed by atoms with Gasteiger partial charge >= 0.3 is 0 Å². The van der Waals surface area contributed by atoms with E-state index in [-0.39, 0.29) is 6.10 Å². The van der Waals surface area contributed by atoms with E-state index in [1.165, 1.54) is 83.5 Å². The molecule has 0 aliphatic rings. The third-order valence-electron chi connectivity index (χ3n) is 7.01. The van der Waals surface area contributed by atoms with Gasteiger partial charge in [-0.3, -0.25) is 0 Å². The average molecular weight is 545 g/mol. The Balaban J connectivity index is 1.63. The first-order valence-electron chi connectivity index (χ1n) is 15.4. The molecule has 0 heterocycles. The number of hydrogen-bond acceptors (Lipinski definition) is 3.